The molecule has 18 heavy (non-hydrogen) atoms. The Morgan fingerprint density at radius 3 is 2.50 bits per heavy atom. The fourth-order valence-electron chi connectivity index (χ4n) is 3.01. The van der Waals surface area contributed by atoms with Crippen LogP contribution in [-0.4, -0.2) is 5.78 Å². The molecule has 0 radical (unpaired) electrons. The highest BCUT2D eigenvalue weighted by molar-refractivity contribution is 6.13. The summed E-state index contributed by atoms with van der Waals surface area (Å²) in [5, 5.41) is 0. The Morgan fingerprint density at radius 1 is 0.889 bits per heavy atom. The van der Waals surface area contributed by atoms with E-state index in [1.54, 1.807) is 0 Å². The SMILES string of the molecule is O=C1c2ccccc2Cc2cccc(C3CC3)c21. The first kappa shape index (κ1) is 10.1. The Kier molecular flexibility index (Phi) is 1.99. The minimum atomic E-state index is 0.231. The number of rotatable bonds is 1. The van der Waals surface area contributed by atoms with Crippen molar-refractivity contribution in [2.24, 2.45) is 0 Å². The van der Waals surface area contributed by atoms with E-state index in [-0.39, 0.29) is 5.78 Å². The van der Waals surface area contributed by atoms with Gasteiger partial charge in [0.2, 0.25) is 0 Å². The fourth-order valence-corrected chi connectivity index (χ4v) is 3.01. The Labute approximate surface area is 106 Å². The first-order valence-corrected chi connectivity index (χ1v) is 6.59. The standard InChI is InChI=1S/C17H14O/c18-17-15-6-2-1-4-12(15)10-13-5-3-7-14(16(13)17)11-8-9-11/h1-7,11H,8-10H2. The number of ketones is 1. The summed E-state index contributed by atoms with van der Waals surface area (Å²) in [7, 11) is 0. The van der Waals surface area contributed by atoms with Gasteiger partial charge in [-0.3, -0.25) is 4.79 Å². The van der Waals surface area contributed by atoms with E-state index in [1.807, 2.05) is 18.2 Å². The number of benzene rings is 2. The van der Waals surface area contributed by atoms with Crippen molar-refractivity contribution in [3.63, 3.8) is 0 Å². The van der Waals surface area contributed by atoms with Crippen molar-refractivity contribution in [3.8, 4) is 0 Å². The lowest BCUT2D eigenvalue weighted by molar-refractivity contribution is 0.103. The highest BCUT2D eigenvalue weighted by Crippen LogP contribution is 2.44. The van der Waals surface area contributed by atoms with Crippen molar-refractivity contribution in [3.05, 3.63) is 70.3 Å². The van der Waals surface area contributed by atoms with Crippen LogP contribution in [0.3, 0.4) is 0 Å². The summed E-state index contributed by atoms with van der Waals surface area (Å²) in [5.41, 5.74) is 5.56. The van der Waals surface area contributed by atoms with Crippen LogP contribution in [0, 0.1) is 0 Å². The average molecular weight is 234 g/mol. The van der Waals surface area contributed by atoms with Crippen LogP contribution in [0.4, 0.5) is 0 Å². The van der Waals surface area contributed by atoms with E-state index in [2.05, 4.69) is 24.3 Å². The second kappa shape index (κ2) is 3.55. The van der Waals surface area contributed by atoms with Crippen molar-refractivity contribution < 1.29 is 4.79 Å². The summed E-state index contributed by atoms with van der Waals surface area (Å²) in [6.45, 7) is 0. The van der Waals surface area contributed by atoms with Gasteiger partial charge in [-0.25, -0.2) is 0 Å². The van der Waals surface area contributed by atoms with Crippen molar-refractivity contribution >= 4 is 5.78 Å². The van der Waals surface area contributed by atoms with Crippen LogP contribution < -0.4 is 0 Å². The highest BCUT2D eigenvalue weighted by atomic mass is 16.1. The first-order chi connectivity index (χ1) is 8.84. The van der Waals surface area contributed by atoms with Gasteiger partial charge in [0.05, 0.1) is 0 Å². The molecule has 0 saturated heterocycles. The monoisotopic (exact) mass is 234 g/mol. The molecule has 0 bridgehead atoms. The van der Waals surface area contributed by atoms with Gasteiger partial charge in [-0.2, -0.15) is 0 Å². The summed E-state index contributed by atoms with van der Waals surface area (Å²) in [6, 6.07) is 14.4. The Bertz CT molecular complexity index is 650. The molecule has 0 heterocycles. The number of hydrogen-bond donors (Lipinski definition) is 0. The maximum Gasteiger partial charge on any atom is 0.193 e. The van der Waals surface area contributed by atoms with Gasteiger partial charge in [-0.15, -0.1) is 0 Å². The van der Waals surface area contributed by atoms with Crippen LogP contribution in [0.5, 0.6) is 0 Å². The van der Waals surface area contributed by atoms with Crippen LogP contribution >= 0.6 is 0 Å². The Hall–Kier alpha value is -1.89. The van der Waals surface area contributed by atoms with Gasteiger partial charge in [0.25, 0.3) is 0 Å². The quantitative estimate of drug-likeness (QED) is 0.627. The fraction of sp³-hybridized carbons (Fsp3) is 0.235. The van der Waals surface area contributed by atoms with E-state index >= 15 is 0 Å². The second-order valence-corrected chi connectivity index (χ2v) is 5.32. The molecule has 2 aromatic carbocycles. The highest BCUT2D eigenvalue weighted by Gasteiger charge is 2.32. The van der Waals surface area contributed by atoms with Crippen LogP contribution in [-0.2, 0) is 6.42 Å². The molecule has 1 nitrogen and oxygen atoms in total. The zero-order valence-electron chi connectivity index (χ0n) is 10.1. The van der Waals surface area contributed by atoms with Gasteiger partial charge in [-0.1, -0.05) is 42.5 Å². The van der Waals surface area contributed by atoms with Gasteiger partial charge >= 0.3 is 0 Å². The average Bonchev–Trinajstić information content (AvgIpc) is 3.22. The van der Waals surface area contributed by atoms with E-state index in [0.717, 1.165) is 17.5 Å². The third-order valence-electron chi connectivity index (χ3n) is 4.07. The molecule has 2 aliphatic carbocycles. The minimum Gasteiger partial charge on any atom is -0.289 e. The summed E-state index contributed by atoms with van der Waals surface area (Å²) < 4.78 is 0. The van der Waals surface area contributed by atoms with E-state index in [0.29, 0.717) is 5.92 Å². The van der Waals surface area contributed by atoms with Crippen LogP contribution in [0.25, 0.3) is 0 Å². The summed E-state index contributed by atoms with van der Waals surface area (Å²) in [5.74, 6) is 0.864. The molecule has 0 aromatic heterocycles. The smallest absolute Gasteiger partial charge is 0.193 e. The minimum absolute atomic E-state index is 0.231. The lowest BCUT2D eigenvalue weighted by Crippen LogP contribution is -2.17. The van der Waals surface area contributed by atoms with Crippen LogP contribution in [0.15, 0.2) is 42.5 Å². The predicted molar refractivity (Wildman–Crippen MR) is 71.1 cm³/mol. The normalized spacial score (nSPS) is 17.2. The van der Waals surface area contributed by atoms with E-state index in [9.17, 15) is 4.79 Å². The molecule has 0 unspecified atom stereocenters. The first-order valence-electron chi connectivity index (χ1n) is 6.59. The third kappa shape index (κ3) is 1.37. The zero-order valence-corrected chi connectivity index (χ0v) is 10.1. The van der Waals surface area contributed by atoms with Gasteiger partial charge in [-0.05, 0) is 41.9 Å². The third-order valence-corrected chi connectivity index (χ3v) is 4.07. The number of carbonyl (C=O) groups is 1. The molecule has 2 aromatic rings. The molecule has 0 aliphatic heterocycles. The van der Waals surface area contributed by atoms with Crippen molar-refractivity contribution in [2.75, 3.05) is 0 Å². The van der Waals surface area contributed by atoms with Crippen molar-refractivity contribution in [1.82, 2.24) is 0 Å². The van der Waals surface area contributed by atoms with Gasteiger partial charge < -0.3 is 0 Å². The van der Waals surface area contributed by atoms with Crippen LogP contribution in [0.1, 0.15) is 51.4 Å². The zero-order chi connectivity index (χ0) is 12.1. The maximum absolute atomic E-state index is 12.7. The number of hydrogen-bond acceptors (Lipinski definition) is 1. The lowest BCUT2D eigenvalue weighted by Gasteiger charge is -2.21. The van der Waals surface area contributed by atoms with Gasteiger partial charge in [0.1, 0.15) is 0 Å². The second-order valence-electron chi connectivity index (χ2n) is 5.32. The van der Waals surface area contributed by atoms with E-state index in [1.165, 1.54) is 29.5 Å². The molecule has 0 N–H and O–H groups in total. The summed E-state index contributed by atoms with van der Waals surface area (Å²) in [6.07, 6.45) is 3.38. The Morgan fingerprint density at radius 2 is 1.67 bits per heavy atom. The molecule has 1 heteroatoms. The molecule has 0 atom stereocenters. The summed E-state index contributed by atoms with van der Waals surface area (Å²) in [4.78, 5) is 12.7. The van der Waals surface area contributed by atoms with Gasteiger partial charge in [0, 0.05) is 11.1 Å². The predicted octanol–water partition coefficient (Wildman–Crippen LogP) is 3.70. The van der Waals surface area contributed by atoms with E-state index in [4.69, 9.17) is 0 Å². The molecular weight excluding hydrogens is 220 g/mol. The molecular formula is C17H14O. The molecule has 1 fully saturated rings. The number of fused-ring (bicyclic) bond motifs is 2. The lowest BCUT2D eigenvalue weighted by atomic mass is 9.82. The maximum atomic E-state index is 12.7. The van der Waals surface area contributed by atoms with Crippen molar-refractivity contribution in [1.29, 1.82) is 0 Å². The summed E-state index contributed by atoms with van der Waals surface area (Å²) >= 11 is 0. The van der Waals surface area contributed by atoms with E-state index < -0.39 is 0 Å². The number of carbonyl (C=O) groups excluding carboxylic acids is 1. The largest absolute Gasteiger partial charge is 0.289 e. The van der Waals surface area contributed by atoms with Crippen molar-refractivity contribution in [2.45, 2.75) is 25.2 Å². The molecule has 0 spiro atoms. The molecule has 1 saturated carbocycles. The molecule has 88 valence electrons. The topological polar surface area (TPSA) is 17.1 Å². The van der Waals surface area contributed by atoms with Crippen LogP contribution in [0.2, 0.25) is 0 Å². The Balaban J connectivity index is 1.94. The molecule has 0 amide bonds. The van der Waals surface area contributed by atoms with Gasteiger partial charge in [0.15, 0.2) is 5.78 Å². The molecule has 2 aliphatic rings. The molecule has 4 rings (SSSR count).